The van der Waals surface area contributed by atoms with Crippen LogP contribution in [-0.4, -0.2) is 24.5 Å². The molecule has 3 N–H and O–H groups in total. The molecule has 0 aliphatic carbocycles. The number of nitrogen functional groups attached to an aromatic ring is 1. The third-order valence-corrected chi connectivity index (χ3v) is 2.72. The van der Waals surface area contributed by atoms with Gasteiger partial charge in [-0.15, -0.1) is 11.8 Å². The summed E-state index contributed by atoms with van der Waals surface area (Å²) >= 11 is 1.77. The molecule has 0 aromatic carbocycles. The third-order valence-electron chi connectivity index (χ3n) is 1.64. The van der Waals surface area contributed by atoms with E-state index in [2.05, 4.69) is 10.4 Å². The first-order chi connectivity index (χ1) is 6.86. The van der Waals surface area contributed by atoms with Crippen LogP contribution in [0.1, 0.15) is 6.42 Å². The Kier molecular flexibility index (Phi) is 5.36. The van der Waals surface area contributed by atoms with Gasteiger partial charge in [-0.25, -0.2) is 10.8 Å². The van der Waals surface area contributed by atoms with E-state index >= 15 is 0 Å². The van der Waals surface area contributed by atoms with Crippen molar-refractivity contribution in [2.24, 2.45) is 5.84 Å². The van der Waals surface area contributed by atoms with Gasteiger partial charge in [-0.2, -0.15) is 0 Å². The Morgan fingerprint density at radius 3 is 3.21 bits per heavy atom. The summed E-state index contributed by atoms with van der Waals surface area (Å²) in [6, 6.07) is 3.90. The maximum absolute atomic E-state index is 5.25. The number of aromatic nitrogens is 1. The lowest BCUT2D eigenvalue weighted by Crippen LogP contribution is -2.08. The lowest BCUT2D eigenvalue weighted by molar-refractivity contribution is 0.200. The molecule has 5 heteroatoms. The summed E-state index contributed by atoms with van der Waals surface area (Å²) in [5.74, 6) is 6.99. The molecule has 0 saturated carbocycles. The highest BCUT2D eigenvalue weighted by molar-refractivity contribution is 7.99. The highest BCUT2D eigenvalue weighted by atomic mass is 32.2. The second-order valence-corrected chi connectivity index (χ2v) is 3.88. The van der Waals surface area contributed by atoms with Crippen LogP contribution in [0.25, 0.3) is 0 Å². The Morgan fingerprint density at radius 2 is 2.50 bits per heavy atom. The van der Waals surface area contributed by atoms with E-state index in [1.54, 1.807) is 25.1 Å². The highest BCUT2D eigenvalue weighted by Gasteiger charge is 1.96. The first-order valence-electron chi connectivity index (χ1n) is 4.41. The molecule has 0 unspecified atom stereocenters. The predicted molar refractivity (Wildman–Crippen MR) is 59.3 cm³/mol. The summed E-state index contributed by atoms with van der Waals surface area (Å²) in [6.07, 6.45) is 2.79. The molecule has 78 valence electrons. The van der Waals surface area contributed by atoms with Crippen molar-refractivity contribution in [3.63, 3.8) is 0 Å². The van der Waals surface area contributed by atoms with Crippen molar-refractivity contribution in [3.8, 4) is 0 Å². The summed E-state index contributed by atoms with van der Waals surface area (Å²) in [4.78, 5) is 5.20. The maximum Gasteiger partial charge on any atom is 0.140 e. The number of hydrogen-bond donors (Lipinski definition) is 2. The van der Waals surface area contributed by atoms with Crippen molar-refractivity contribution in [2.45, 2.75) is 11.3 Å². The van der Waals surface area contributed by atoms with Crippen LogP contribution >= 0.6 is 11.8 Å². The lowest BCUT2D eigenvalue weighted by atomic mass is 10.5. The Balaban J connectivity index is 2.34. The number of rotatable bonds is 6. The monoisotopic (exact) mass is 213 g/mol. The maximum atomic E-state index is 5.25. The number of hydrogen-bond acceptors (Lipinski definition) is 5. The van der Waals surface area contributed by atoms with Crippen LogP contribution in [0, 0.1) is 0 Å². The molecule has 0 aliphatic heterocycles. The fraction of sp³-hybridized carbons (Fsp3) is 0.444. The fourth-order valence-corrected chi connectivity index (χ4v) is 1.82. The smallest absolute Gasteiger partial charge is 0.140 e. The van der Waals surface area contributed by atoms with Gasteiger partial charge in [0, 0.05) is 30.6 Å². The molecule has 14 heavy (non-hydrogen) atoms. The molecule has 1 aromatic rings. The van der Waals surface area contributed by atoms with Crippen LogP contribution in [0.4, 0.5) is 5.82 Å². The first-order valence-corrected chi connectivity index (χ1v) is 5.40. The summed E-state index contributed by atoms with van der Waals surface area (Å²) < 4.78 is 4.97. The van der Waals surface area contributed by atoms with Crippen LogP contribution in [0.15, 0.2) is 23.2 Å². The number of nitrogens with one attached hydrogen (secondary N) is 1. The predicted octanol–water partition coefficient (Wildman–Crippen LogP) is 1.50. The molecule has 0 atom stereocenters. The highest BCUT2D eigenvalue weighted by Crippen LogP contribution is 2.19. The van der Waals surface area contributed by atoms with Crippen LogP contribution in [0.3, 0.4) is 0 Å². The van der Waals surface area contributed by atoms with Gasteiger partial charge in [0.1, 0.15) is 5.82 Å². The number of thioether (sulfide) groups is 1. The van der Waals surface area contributed by atoms with Crippen molar-refractivity contribution < 1.29 is 4.74 Å². The van der Waals surface area contributed by atoms with E-state index in [1.165, 1.54) is 4.90 Å². The minimum absolute atomic E-state index is 0.696. The Morgan fingerprint density at radius 1 is 1.64 bits per heavy atom. The zero-order valence-corrected chi connectivity index (χ0v) is 9.01. The summed E-state index contributed by atoms with van der Waals surface area (Å²) in [7, 11) is 1.72. The molecule has 0 radical (unpaired) electrons. The van der Waals surface area contributed by atoms with Crippen molar-refractivity contribution in [1.29, 1.82) is 0 Å². The quantitative estimate of drug-likeness (QED) is 0.324. The molecular weight excluding hydrogens is 198 g/mol. The molecule has 1 aromatic heterocycles. The normalized spacial score (nSPS) is 10.1. The van der Waals surface area contributed by atoms with Gasteiger partial charge in [-0.1, -0.05) is 0 Å². The van der Waals surface area contributed by atoms with Crippen molar-refractivity contribution >= 4 is 17.6 Å². The van der Waals surface area contributed by atoms with Crippen LogP contribution < -0.4 is 11.3 Å². The van der Waals surface area contributed by atoms with E-state index in [0.29, 0.717) is 5.82 Å². The summed E-state index contributed by atoms with van der Waals surface area (Å²) in [5, 5.41) is 0. The van der Waals surface area contributed by atoms with E-state index in [-0.39, 0.29) is 0 Å². The number of pyridine rings is 1. The standard InChI is InChI=1S/C9H15N3OS/c1-13-5-2-6-14-8-3-4-11-9(7-8)12-10/h3-4,7H,2,5-6,10H2,1H3,(H,11,12). The minimum Gasteiger partial charge on any atom is -0.385 e. The zero-order chi connectivity index (χ0) is 10.2. The van der Waals surface area contributed by atoms with Gasteiger partial charge < -0.3 is 10.2 Å². The zero-order valence-electron chi connectivity index (χ0n) is 8.19. The van der Waals surface area contributed by atoms with Gasteiger partial charge in [0.2, 0.25) is 0 Å². The Labute approximate surface area is 88.2 Å². The molecule has 0 amide bonds. The van der Waals surface area contributed by atoms with Crippen LogP contribution in [0.2, 0.25) is 0 Å². The molecule has 1 heterocycles. The minimum atomic E-state index is 0.696. The number of methoxy groups -OCH3 is 1. The first kappa shape index (κ1) is 11.3. The Hall–Kier alpha value is -0.780. The number of nitrogens with zero attached hydrogens (tertiary/aromatic N) is 1. The van der Waals surface area contributed by atoms with Crippen molar-refractivity contribution in [3.05, 3.63) is 18.3 Å². The summed E-state index contributed by atoms with van der Waals surface area (Å²) in [6.45, 7) is 0.806. The van der Waals surface area contributed by atoms with E-state index in [1.807, 2.05) is 12.1 Å². The van der Waals surface area contributed by atoms with E-state index in [0.717, 1.165) is 18.8 Å². The number of nitrogens with two attached hydrogens (primary N) is 1. The van der Waals surface area contributed by atoms with E-state index < -0.39 is 0 Å². The van der Waals surface area contributed by atoms with Gasteiger partial charge in [0.05, 0.1) is 0 Å². The van der Waals surface area contributed by atoms with E-state index in [9.17, 15) is 0 Å². The average Bonchev–Trinajstić information content (AvgIpc) is 2.25. The molecule has 0 fully saturated rings. The number of hydrazine groups is 1. The summed E-state index contributed by atoms with van der Waals surface area (Å²) in [5.41, 5.74) is 2.52. The largest absolute Gasteiger partial charge is 0.385 e. The van der Waals surface area contributed by atoms with Gasteiger partial charge >= 0.3 is 0 Å². The van der Waals surface area contributed by atoms with Gasteiger partial charge in [0.25, 0.3) is 0 Å². The average molecular weight is 213 g/mol. The molecule has 0 saturated heterocycles. The topological polar surface area (TPSA) is 60.2 Å². The van der Waals surface area contributed by atoms with Crippen LogP contribution in [0.5, 0.6) is 0 Å². The molecule has 0 bridgehead atoms. The molecule has 1 rings (SSSR count). The van der Waals surface area contributed by atoms with Gasteiger partial charge in [0.15, 0.2) is 0 Å². The molecular formula is C9H15N3OS. The van der Waals surface area contributed by atoms with E-state index in [4.69, 9.17) is 10.6 Å². The second-order valence-electron chi connectivity index (χ2n) is 2.72. The molecule has 0 spiro atoms. The number of ether oxygens (including phenoxy) is 1. The second kappa shape index (κ2) is 6.64. The van der Waals surface area contributed by atoms with Crippen LogP contribution in [-0.2, 0) is 4.74 Å². The third kappa shape index (κ3) is 3.95. The van der Waals surface area contributed by atoms with Gasteiger partial charge in [-0.05, 0) is 18.6 Å². The molecule has 0 aliphatic rings. The van der Waals surface area contributed by atoms with Gasteiger partial charge in [-0.3, -0.25) is 0 Å². The SMILES string of the molecule is COCCCSc1ccnc(NN)c1. The number of anilines is 1. The lowest BCUT2D eigenvalue weighted by Gasteiger charge is -2.03. The fourth-order valence-electron chi connectivity index (χ4n) is 0.973. The molecule has 4 nitrogen and oxygen atoms in total. The van der Waals surface area contributed by atoms with Crippen molar-refractivity contribution in [1.82, 2.24) is 4.98 Å². The van der Waals surface area contributed by atoms with Crippen molar-refractivity contribution in [2.75, 3.05) is 24.9 Å². The Bertz CT molecular complexity index is 270.